The number of aromatic nitrogens is 2. The molecule has 1 aliphatic rings. The van der Waals surface area contributed by atoms with Crippen molar-refractivity contribution in [2.45, 2.75) is 46.1 Å². The molecule has 1 aromatic carbocycles. The molecule has 0 N–H and O–H groups in total. The van der Waals surface area contributed by atoms with Gasteiger partial charge in [0.25, 0.3) is 0 Å². The maximum Gasteiger partial charge on any atom is 0.113 e. The Morgan fingerprint density at radius 3 is 2.68 bits per heavy atom. The second kappa shape index (κ2) is 4.38. The third kappa shape index (κ3) is 2.12. The Labute approximate surface area is 113 Å². The summed E-state index contributed by atoms with van der Waals surface area (Å²) in [6.07, 6.45) is 2.48. The van der Waals surface area contributed by atoms with Gasteiger partial charge in [-0.1, -0.05) is 0 Å². The number of rotatable bonds is 3. The maximum absolute atomic E-state index is 9.07. The second-order valence-corrected chi connectivity index (χ2v) is 5.81. The van der Waals surface area contributed by atoms with Crippen molar-refractivity contribution in [2.75, 3.05) is 0 Å². The summed E-state index contributed by atoms with van der Waals surface area (Å²) in [5.41, 5.74) is 4.84. The molecule has 98 valence electrons. The number of nitrogens with zero attached hydrogens (tertiary/aromatic N) is 3. The Hall–Kier alpha value is -1.82. The summed E-state index contributed by atoms with van der Waals surface area (Å²) in [5, 5.41) is 9.07. The third-order valence-electron chi connectivity index (χ3n) is 4.01. The van der Waals surface area contributed by atoms with Gasteiger partial charge in [0.15, 0.2) is 0 Å². The highest BCUT2D eigenvalue weighted by Crippen LogP contribution is 2.41. The minimum atomic E-state index is 0.0245. The molecule has 1 unspecified atom stereocenters. The van der Waals surface area contributed by atoms with Crippen LogP contribution in [0.15, 0.2) is 12.1 Å². The van der Waals surface area contributed by atoms with Gasteiger partial charge in [-0.3, -0.25) is 0 Å². The minimum Gasteiger partial charge on any atom is -0.326 e. The molecular formula is C16H19N3. The van der Waals surface area contributed by atoms with Gasteiger partial charge in [0.05, 0.1) is 23.0 Å². The minimum absolute atomic E-state index is 0.0245. The Balaban J connectivity index is 2.17. The van der Waals surface area contributed by atoms with Crippen LogP contribution in [0, 0.1) is 31.1 Å². The largest absolute Gasteiger partial charge is 0.326 e. The Kier molecular flexibility index (Phi) is 2.82. The fraction of sp³-hybridized carbons (Fsp3) is 0.500. The molecule has 3 heteroatoms. The van der Waals surface area contributed by atoms with Crippen LogP contribution < -0.4 is 0 Å². The monoisotopic (exact) mass is 253 g/mol. The average Bonchev–Trinajstić information content (AvgIpc) is 3.17. The molecule has 0 amide bonds. The molecule has 2 aromatic rings. The molecule has 3 rings (SSSR count). The van der Waals surface area contributed by atoms with Gasteiger partial charge < -0.3 is 4.57 Å². The molecule has 1 aliphatic carbocycles. The van der Waals surface area contributed by atoms with E-state index < -0.39 is 0 Å². The van der Waals surface area contributed by atoms with Crippen molar-refractivity contribution in [1.29, 1.82) is 5.26 Å². The van der Waals surface area contributed by atoms with Gasteiger partial charge in [-0.25, -0.2) is 4.98 Å². The van der Waals surface area contributed by atoms with E-state index in [1.54, 1.807) is 0 Å². The van der Waals surface area contributed by atoms with Crippen molar-refractivity contribution >= 4 is 11.0 Å². The average molecular weight is 253 g/mol. The maximum atomic E-state index is 9.07. The molecule has 1 fully saturated rings. The first-order chi connectivity index (χ1) is 9.10. The number of nitriles is 1. The predicted octanol–water partition coefficient (Wildman–Crippen LogP) is 3.69. The highest BCUT2D eigenvalue weighted by molar-refractivity contribution is 5.78. The van der Waals surface area contributed by atoms with E-state index >= 15 is 0 Å². The third-order valence-corrected chi connectivity index (χ3v) is 4.01. The topological polar surface area (TPSA) is 41.6 Å². The van der Waals surface area contributed by atoms with Crippen LogP contribution in [0.5, 0.6) is 0 Å². The summed E-state index contributed by atoms with van der Waals surface area (Å²) in [6.45, 7) is 6.99. The van der Waals surface area contributed by atoms with Crippen LogP contribution in [0.1, 0.15) is 42.6 Å². The first-order valence-corrected chi connectivity index (χ1v) is 6.97. The molecule has 0 saturated heterocycles. The van der Waals surface area contributed by atoms with Gasteiger partial charge in [-0.15, -0.1) is 0 Å². The smallest absolute Gasteiger partial charge is 0.113 e. The lowest BCUT2D eigenvalue weighted by molar-refractivity contribution is 0.570. The van der Waals surface area contributed by atoms with Crippen LogP contribution in [-0.4, -0.2) is 9.55 Å². The highest BCUT2D eigenvalue weighted by atomic mass is 15.1. The number of benzene rings is 1. The molecule has 1 saturated carbocycles. The van der Waals surface area contributed by atoms with Gasteiger partial charge in [-0.2, -0.15) is 5.26 Å². The summed E-state index contributed by atoms with van der Waals surface area (Å²) in [5.74, 6) is 1.82. The fourth-order valence-corrected chi connectivity index (χ4v) is 2.56. The normalized spacial score (nSPS) is 16.5. The Morgan fingerprint density at radius 2 is 2.05 bits per heavy atom. The lowest BCUT2D eigenvalue weighted by Gasteiger charge is -2.10. The molecule has 0 aliphatic heterocycles. The van der Waals surface area contributed by atoms with Gasteiger partial charge in [0.2, 0.25) is 0 Å². The lowest BCUT2D eigenvalue weighted by atomic mass is 10.1. The van der Waals surface area contributed by atoms with Gasteiger partial charge in [0, 0.05) is 12.5 Å². The molecule has 1 heterocycles. The van der Waals surface area contributed by atoms with Gasteiger partial charge in [-0.05, 0) is 56.9 Å². The molecule has 3 nitrogen and oxygen atoms in total. The summed E-state index contributed by atoms with van der Waals surface area (Å²) in [4.78, 5) is 4.82. The zero-order chi connectivity index (χ0) is 13.6. The molecule has 1 atom stereocenters. The lowest BCUT2D eigenvalue weighted by Crippen LogP contribution is -2.09. The van der Waals surface area contributed by atoms with Crippen molar-refractivity contribution in [3.63, 3.8) is 0 Å². The van der Waals surface area contributed by atoms with Gasteiger partial charge >= 0.3 is 0 Å². The van der Waals surface area contributed by atoms with E-state index in [-0.39, 0.29) is 5.92 Å². The molecule has 1 aromatic heterocycles. The predicted molar refractivity (Wildman–Crippen MR) is 76.0 cm³/mol. The van der Waals surface area contributed by atoms with Crippen LogP contribution >= 0.6 is 0 Å². The number of fused-ring (bicyclic) bond motifs is 1. The van der Waals surface area contributed by atoms with Crippen LogP contribution in [0.4, 0.5) is 0 Å². The van der Waals surface area contributed by atoms with Crippen LogP contribution in [-0.2, 0) is 6.54 Å². The zero-order valence-electron chi connectivity index (χ0n) is 11.8. The van der Waals surface area contributed by atoms with E-state index in [0.717, 1.165) is 12.1 Å². The number of aryl methyl sites for hydroxylation is 2. The number of hydrogen-bond donors (Lipinski definition) is 0. The number of hydrogen-bond acceptors (Lipinski definition) is 2. The molecular weight excluding hydrogens is 234 g/mol. The summed E-state index contributed by atoms with van der Waals surface area (Å²) < 4.78 is 2.27. The molecule has 19 heavy (non-hydrogen) atoms. The first-order valence-electron chi connectivity index (χ1n) is 6.97. The Bertz CT molecular complexity index is 671. The fourth-order valence-electron chi connectivity index (χ4n) is 2.56. The molecule has 0 spiro atoms. The van der Waals surface area contributed by atoms with Crippen LogP contribution in [0.2, 0.25) is 0 Å². The number of imidazole rings is 1. The van der Waals surface area contributed by atoms with E-state index in [4.69, 9.17) is 10.2 Å². The summed E-state index contributed by atoms with van der Waals surface area (Å²) >= 11 is 0. The van der Waals surface area contributed by atoms with Crippen molar-refractivity contribution in [1.82, 2.24) is 9.55 Å². The van der Waals surface area contributed by atoms with E-state index in [1.165, 1.54) is 35.3 Å². The summed E-state index contributed by atoms with van der Waals surface area (Å²) in [7, 11) is 0. The van der Waals surface area contributed by atoms with E-state index in [2.05, 4.69) is 36.6 Å². The SMILES string of the molecule is Cc1cc2nc(C3CC3)n(CC(C)C#N)c2cc1C. The van der Waals surface area contributed by atoms with Crippen LogP contribution in [0.3, 0.4) is 0 Å². The molecule has 0 radical (unpaired) electrons. The van der Waals surface area contributed by atoms with Gasteiger partial charge in [0.1, 0.15) is 5.82 Å². The molecule has 0 bridgehead atoms. The van der Waals surface area contributed by atoms with Crippen molar-refractivity contribution in [2.24, 2.45) is 5.92 Å². The standard InChI is InChI=1S/C16H19N3/c1-10(8-17)9-19-15-7-12(3)11(2)6-14(15)18-16(19)13-4-5-13/h6-7,10,13H,4-5,9H2,1-3H3. The van der Waals surface area contributed by atoms with Crippen molar-refractivity contribution in [3.05, 3.63) is 29.1 Å². The van der Waals surface area contributed by atoms with Crippen molar-refractivity contribution in [3.8, 4) is 6.07 Å². The van der Waals surface area contributed by atoms with E-state index in [0.29, 0.717) is 5.92 Å². The zero-order valence-corrected chi connectivity index (χ0v) is 11.8. The summed E-state index contributed by atoms with van der Waals surface area (Å²) in [6, 6.07) is 6.72. The second-order valence-electron chi connectivity index (χ2n) is 5.81. The van der Waals surface area contributed by atoms with E-state index in [1.807, 2.05) is 6.92 Å². The Morgan fingerprint density at radius 1 is 1.37 bits per heavy atom. The quantitative estimate of drug-likeness (QED) is 0.837. The van der Waals surface area contributed by atoms with Crippen LogP contribution in [0.25, 0.3) is 11.0 Å². The first kappa shape index (κ1) is 12.2. The highest BCUT2D eigenvalue weighted by Gasteiger charge is 2.30. The van der Waals surface area contributed by atoms with E-state index in [9.17, 15) is 0 Å². The van der Waals surface area contributed by atoms with Crippen molar-refractivity contribution < 1.29 is 0 Å².